The van der Waals surface area contributed by atoms with Gasteiger partial charge in [0.1, 0.15) is 6.04 Å². The van der Waals surface area contributed by atoms with Crippen molar-refractivity contribution >= 4 is 23.7 Å². The number of Topliss-reactive ketones (excluding diaryl/α,β-unsaturated/α-hetero) is 1. The highest BCUT2D eigenvalue weighted by Gasteiger charge is 2.33. The predicted octanol–water partition coefficient (Wildman–Crippen LogP) is 4.58. The molecule has 9 nitrogen and oxygen atoms in total. The number of hydrogen-bond acceptors (Lipinski definition) is 6. The van der Waals surface area contributed by atoms with Crippen molar-refractivity contribution in [1.82, 2.24) is 16.1 Å². The zero-order valence-corrected chi connectivity index (χ0v) is 23.1. The standard InChI is InChI=1S/C28H49N3O6/c1-4-5-16-37-31-27(34)25(32)23(18-21-12-8-6-9-13-21)29-26(33)24(17-20(2)3)30-28(35)36-19-22-14-10-7-11-15-22/h20-24H,4-19H2,1-3H3,(H,29,33)(H,30,35)(H,31,34)/t23-,24-/m0/s1. The van der Waals surface area contributed by atoms with Crippen LogP contribution in [0.3, 0.4) is 0 Å². The number of amides is 3. The summed E-state index contributed by atoms with van der Waals surface area (Å²) in [6, 6.07) is -1.83. The van der Waals surface area contributed by atoms with E-state index in [1.807, 2.05) is 20.8 Å². The Morgan fingerprint density at radius 1 is 0.838 bits per heavy atom. The van der Waals surface area contributed by atoms with Crippen LogP contribution >= 0.6 is 0 Å². The third-order valence-corrected chi connectivity index (χ3v) is 7.41. The van der Waals surface area contributed by atoms with Crippen molar-refractivity contribution in [3.8, 4) is 0 Å². The molecule has 0 saturated heterocycles. The molecular weight excluding hydrogens is 474 g/mol. The topological polar surface area (TPSA) is 123 Å². The summed E-state index contributed by atoms with van der Waals surface area (Å²) in [4.78, 5) is 56.5. The van der Waals surface area contributed by atoms with Crippen LogP contribution in [-0.4, -0.2) is 49.0 Å². The first-order valence-electron chi connectivity index (χ1n) is 14.5. The Hall–Kier alpha value is -2.16. The number of hydrogen-bond donors (Lipinski definition) is 3. The lowest BCUT2D eigenvalue weighted by molar-refractivity contribution is -0.147. The number of alkyl carbamates (subject to hydrolysis) is 1. The van der Waals surface area contributed by atoms with Crippen molar-refractivity contribution in [2.75, 3.05) is 13.2 Å². The Morgan fingerprint density at radius 2 is 1.46 bits per heavy atom. The zero-order chi connectivity index (χ0) is 27.0. The van der Waals surface area contributed by atoms with E-state index in [2.05, 4.69) is 16.1 Å². The Balaban J connectivity index is 2.00. The van der Waals surface area contributed by atoms with Gasteiger partial charge in [-0.05, 0) is 49.9 Å². The molecule has 37 heavy (non-hydrogen) atoms. The van der Waals surface area contributed by atoms with Gasteiger partial charge in [-0.2, -0.15) is 0 Å². The van der Waals surface area contributed by atoms with Crippen molar-refractivity contribution in [3.63, 3.8) is 0 Å². The van der Waals surface area contributed by atoms with E-state index in [0.717, 1.165) is 70.6 Å². The minimum absolute atomic E-state index is 0.122. The first kappa shape index (κ1) is 31.1. The number of ketones is 1. The van der Waals surface area contributed by atoms with Crippen molar-refractivity contribution in [1.29, 1.82) is 0 Å². The molecule has 2 fully saturated rings. The number of rotatable bonds is 15. The summed E-state index contributed by atoms with van der Waals surface area (Å²) in [5.74, 6) is -1.31. The van der Waals surface area contributed by atoms with E-state index >= 15 is 0 Å². The van der Waals surface area contributed by atoms with Gasteiger partial charge >= 0.3 is 12.0 Å². The second-order valence-electron chi connectivity index (χ2n) is 11.2. The van der Waals surface area contributed by atoms with Gasteiger partial charge in [0.2, 0.25) is 11.7 Å². The SMILES string of the molecule is CCCCONC(=O)C(=O)[C@H](CC1CCCCC1)NC(=O)[C@H](CC(C)C)NC(=O)OCC1CCCCC1. The van der Waals surface area contributed by atoms with Crippen LogP contribution < -0.4 is 16.1 Å². The lowest BCUT2D eigenvalue weighted by atomic mass is 9.84. The summed E-state index contributed by atoms with van der Waals surface area (Å²) >= 11 is 0. The molecule has 2 atom stereocenters. The molecule has 0 spiro atoms. The van der Waals surface area contributed by atoms with Gasteiger partial charge in [0.05, 0.1) is 19.3 Å². The molecule has 0 aromatic rings. The van der Waals surface area contributed by atoms with E-state index < -0.39 is 35.8 Å². The molecule has 0 bridgehead atoms. The van der Waals surface area contributed by atoms with Gasteiger partial charge in [-0.15, -0.1) is 0 Å². The summed E-state index contributed by atoms with van der Waals surface area (Å²) in [5.41, 5.74) is 2.22. The molecule has 0 heterocycles. The van der Waals surface area contributed by atoms with Gasteiger partial charge in [-0.1, -0.05) is 78.6 Å². The van der Waals surface area contributed by atoms with Crippen LogP contribution in [0.2, 0.25) is 0 Å². The molecule has 2 saturated carbocycles. The highest BCUT2D eigenvalue weighted by molar-refractivity contribution is 6.38. The molecule has 0 aliphatic heterocycles. The molecule has 3 N–H and O–H groups in total. The maximum atomic E-state index is 13.3. The largest absolute Gasteiger partial charge is 0.449 e. The number of ether oxygens (including phenoxy) is 1. The molecule has 0 aromatic carbocycles. The fourth-order valence-electron chi connectivity index (χ4n) is 5.24. The molecule has 3 amide bonds. The van der Waals surface area contributed by atoms with Crippen molar-refractivity contribution < 1.29 is 28.8 Å². The molecule has 0 aromatic heterocycles. The van der Waals surface area contributed by atoms with E-state index in [4.69, 9.17) is 9.57 Å². The quantitative estimate of drug-likeness (QED) is 0.164. The molecule has 2 aliphatic carbocycles. The van der Waals surface area contributed by atoms with Gasteiger partial charge in [-0.25, -0.2) is 10.3 Å². The van der Waals surface area contributed by atoms with E-state index in [9.17, 15) is 19.2 Å². The van der Waals surface area contributed by atoms with E-state index in [1.165, 1.54) is 6.42 Å². The number of carbonyl (C=O) groups is 4. The van der Waals surface area contributed by atoms with Gasteiger partial charge in [-0.3, -0.25) is 19.2 Å². The monoisotopic (exact) mass is 523 g/mol. The molecule has 2 rings (SSSR count). The average molecular weight is 524 g/mol. The predicted molar refractivity (Wildman–Crippen MR) is 141 cm³/mol. The number of nitrogens with one attached hydrogen (secondary N) is 3. The van der Waals surface area contributed by atoms with Gasteiger partial charge in [0.15, 0.2) is 0 Å². The Morgan fingerprint density at radius 3 is 2.05 bits per heavy atom. The highest BCUT2D eigenvalue weighted by atomic mass is 16.7. The Labute approximate surface area is 222 Å². The fraction of sp³-hybridized carbons (Fsp3) is 0.857. The van der Waals surface area contributed by atoms with E-state index in [-0.39, 0.29) is 11.8 Å². The number of carbonyl (C=O) groups excluding carboxylic acids is 4. The normalized spacial score (nSPS) is 18.6. The fourth-order valence-corrected chi connectivity index (χ4v) is 5.24. The van der Waals surface area contributed by atoms with Gasteiger partial charge in [0.25, 0.3) is 0 Å². The minimum Gasteiger partial charge on any atom is -0.449 e. The molecular formula is C28H49N3O6. The number of hydroxylamine groups is 1. The minimum atomic E-state index is -0.972. The van der Waals surface area contributed by atoms with Crippen LogP contribution in [0.25, 0.3) is 0 Å². The lowest BCUT2D eigenvalue weighted by Gasteiger charge is -2.28. The van der Waals surface area contributed by atoms with Crippen LogP contribution in [0.15, 0.2) is 0 Å². The second kappa shape index (κ2) is 17.4. The molecule has 0 unspecified atom stereocenters. The zero-order valence-electron chi connectivity index (χ0n) is 23.1. The van der Waals surface area contributed by atoms with Crippen LogP contribution in [0.4, 0.5) is 4.79 Å². The third-order valence-electron chi connectivity index (χ3n) is 7.41. The Kier molecular flexibility index (Phi) is 14.6. The van der Waals surface area contributed by atoms with Crippen LogP contribution in [0.5, 0.6) is 0 Å². The van der Waals surface area contributed by atoms with E-state index in [1.54, 1.807) is 0 Å². The van der Waals surface area contributed by atoms with Crippen molar-refractivity contribution in [2.45, 2.75) is 123 Å². The van der Waals surface area contributed by atoms with Crippen LogP contribution in [-0.2, 0) is 24.0 Å². The summed E-state index contributed by atoms with van der Waals surface area (Å²) in [7, 11) is 0. The van der Waals surface area contributed by atoms with E-state index in [0.29, 0.717) is 32.0 Å². The molecule has 212 valence electrons. The van der Waals surface area contributed by atoms with Crippen LogP contribution in [0, 0.1) is 17.8 Å². The molecule has 2 aliphatic rings. The first-order valence-corrected chi connectivity index (χ1v) is 14.5. The van der Waals surface area contributed by atoms with Crippen molar-refractivity contribution in [3.05, 3.63) is 0 Å². The summed E-state index contributed by atoms with van der Waals surface area (Å²) in [5, 5.41) is 5.49. The lowest BCUT2D eigenvalue weighted by Crippen LogP contribution is -2.54. The second-order valence-corrected chi connectivity index (χ2v) is 11.2. The average Bonchev–Trinajstić information content (AvgIpc) is 2.89. The summed E-state index contributed by atoms with van der Waals surface area (Å²) < 4.78 is 5.44. The summed E-state index contributed by atoms with van der Waals surface area (Å²) in [6.07, 6.45) is 12.7. The van der Waals surface area contributed by atoms with Crippen molar-refractivity contribution in [2.24, 2.45) is 17.8 Å². The highest BCUT2D eigenvalue weighted by Crippen LogP contribution is 2.28. The first-order chi connectivity index (χ1) is 17.8. The summed E-state index contributed by atoms with van der Waals surface area (Å²) in [6.45, 7) is 6.59. The maximum absolute atomic E-state index is 13.3. The number of unbranched alkanes of at least 4 members (excludes halogenated alkanes) is 1. The molecule has 0 radical (unpaired) electrons. The third kappa shape index (κ3) is 12.3. The van der Waals surface area contributed by atoms with Gasteiger partial charge in [0, 0.05) is 0 Å². The Bertz CT molecular complexity index is 717. The smallest absolute Gasteiger partial charge is 0.407 e. The maximum Gasteiger partial charge on any atom is 0.407 e. The van der Waals surface area contributed by atoms with Crippen LogP contribution in [0.1, 0.15) is 111 Å². The van der Waals surface area contributed by atoms with Gasteiger partial charge < -0.3 is 15.4 Å². The molecule has 9 heteroatoms.